The number of sulfonamides is 1. The van der Waals surface area contributed by atoms with Crippen LogP contribution < -0.4 is 9.62 Å². The molecule has 0 radical (unpaired) electrons. The van der Waals surface area contributed by atoms with E-state index in [4.69, 9.17) is 0 Å². The fourth-order valence-electron chi connectivity index (χ4n) is 2.64. The van der Waals surface area contributed by atoms with E-state index in [0.717, 1.165) is 30.6 Å². The summed E-state index contributed by atoms with van der Waals surface area (Å²) in [4.78, 5) is 13.8. The van der Waals surface area contributed by atoms with E-state index in [2.05, 4.69) is 5.32 Å². The maximum absolute atomic E-state index is 12.5. The summed E-state index contributed by atoms with van der Waals surface area (Å²) in [5, 5.41) is 2.77. The number of hydrogen-bond donors (Lipinski definition) is 1. The molecule has 6 nitrogen and oxygen atoms in total. The van der Waals surface area contributed by atoms with Gasteiger partial charge in [0, 0.05) is 19.5 Å². The second-order valence-corrected chi connectivity index (χ2v) is 8.04. The minimum Gasteiger partial charge on any atom is -0.356 e. The van der Waals surface area contributed by atoms with Crippen LogP contribution in [0.1, 0.15) is 18.4 Å². The van der Waals surface area contributed by atoms with E-state index >= 15 is 0 Å². The average Bonchev–Trinajstić information content (AvgIpc) is 2.94. The summed E-state index contributed by atoms with van der Waals surface area (Å²) in [6.07, 6.45) is 1.58. The van der Waals surface area contributed by atoms with Gasteiger partial charge in [-0.15, -0.1) is 0 Å². The van der Waals surface area contributed by atoms with E-state index in [1.165, 1.54) is 4.31 Å². The van der Waals surface area contributed by atoms with E-state index in [9.17, 15) is 13.2 Å². The summed E-state index contributed by atoms with van der Waals surface area (Å²) in [7, 11) is 0.501. The Morgan fingerprint density at radius 3 is 2.78 bits per heavy atom. The molecule has 0 fully saturated rings. The van der Waals surface area contributed by atoms with Crippen molar-refractivity contribution in [2.24, 2.45) is 0 Å². The Kier molecular flexibility index (Phi) is 6.01. The Labute approximate surface area is 138 Å². The first-order chi connectivity index (χ1) is 10.9. The van der Waals surface area contributed by atoms with Crippen LogP contribution in [0.4, 0.5) is 5.69 Å². The molecular weight excluding hydrogens is 314 g/mol. The van der Waals surface area contributed by atoms with Crippen molar-refractivity contribution in [1.82, 2.24) is 10.2 Å². The van der Waals surface area contributed by atoms with Crippen LogP contribution in [0.5, 0.6) is 0 Å². The lowest BCUT2D eigenvalue weighted by Crippen LogP contribution is -2.34. The zero-order valence-corrected chi connectivity index (χ0v) is 14.6. The molecule has 0 unspecified atom stereocenters. The second-order valence-electron chi connectivity index (χ2n) is 6.02. The van der Waals surface area contributed by atoms with Crippen LogP contribution in [0.2, 0.25) is 0 Å². The number of benzene rings is 1. The number of rotatable bonds is 8. The number of anilines is 1. The Balaban J connectivity index is 1.82. The van der Waals surface area contributed by atoms with E-state index in [1.54, 1.807) is 0 Å². The summed E-state index contributed by atoms with van der Waals surface area (Å²) in [6, 6.07) is 7.52. The van der Waals surface area contributed by atoms with Crippen molar-refractivity contribution < 1.29 is 13.2 Å². The normalized spacial score (nSPS) is 14.1. The van der Waals surface area contributed by atoms with E-state index < -0.39 is 10.0 Å². The molecular formula is C16H25N3O3S. The lowest BCUT2D eigenvalue weighted by atomic mass is 10.2. The number of nitrogens with one attached hydrogen (secondary N) is 1. The molecule has 1 aliphatic heterocycles. The van der Waals surface area contributed by atoms with Gasteiger partial charge in [0.05, 0.1) is 11.4 Å². The fourth-order valence-corrected chi connectivity index (χ4v) is 4.15. The molecule has 0 atom stereocenters. The molecule has 23 heavy (non-hydrogen) atoms. The van der Waals surface area contributed by atoms with Crippen molar-refractivity contribution in [3.63, 3.8) is 0 Å². The second kappa shape index (κ2) is 7.79. The zero-order valence-electron chi connectivity index (χ0n) is 13.8. The maximum Gasteiger partial charge on any atom is 0.235 e. The minimum atomic E-state index is -3.45. The number of amides is 1. The smallest absolute Gasteiger partial charge is 0.235 e. The van der Waals surface area contributed by atoms with Crippen molar-refractivity contribution in [1.29, 1.82) is 0 Å². The Hall–Kier alpha value is -1.60. The Morgan fingerprint density at radius 2 is 2.04 bits per heavy atom. The van der Waals surface area contributed by atoms with Crippen molar-refractivity contribution in [2.75, 3.05) is 43.8 Å². The Morgan fingerprint density at radius 1 is 1.30 bits per heavy atom. The predicted octanol–water partition coefficient (Wildman–Crippen LogP) is 0.837. The molecule has 1 aromatic rings. The molecule has 0 saturated heterocycles. The lowest BCUT2D eigenvalue weighted by Gasteiger charge is -2.19. The van der Waals surface area contributed by atoms with E-state index in [-0.39, 0.29) is 18.1 Å². The first-order valence-electron chi connectivity index (χ1n) is 7.90. The van der Waals surface area contributed by atoms with Gasteiger partial charge in [-0.3, -0.25) is 9.10 Å². The van der Waals surface area contributed by atoms with Gasteiger partial charge in [-0.25, -0.2) is 8.42 Å². The molecule has 0 aliphatic carbocycles. The van der Waals surface area contributed by atoms with Gasteiger partial charge >= 0.3 is 0 Å². The molecule has 0 bridgehead atoms. The summed E-state index contributed by atoms with van der Waals surface area (Å²) in [5.74, 6) is -0.360. The number of hydrogen-bond acceptors (Lipinski definition) is 4. The standard InChI is InChI=1S/C16H25N3O3S/c1-18(2)11-5-10-17-16(20)9-13-23(21,22)19-12-8-14-6-3-4-7-15(14)19/h3-4,6-7H,5,8-13H2,1-2H3,(H,17,20). The van der Waals surface area contributed by atoms with Gasteiger partial charge in [0.25, 0.3) is 0 Å². The first kappa shape index (κ1) is 17.7. The first-order valence-corrected chi connectivity index (χ1v) is 9.51. The van der Waals surface area contributed by atoms with Gasteiger partial charge in [-0.2, -0.15) is 0 Å². The van der Waals surface area contributed by atoms with Gasteiger partial charge in [-0.05, 0) is 45.1 Å². The molecule has 0 aromatic heterocycles. The topological polar surface area (TPSA) is 69.7 Å². The van der Waals surface area contributed by atoms with Crippen molar-refractivity contribution in [2.45, 2.75) is 19.3 Å². The summed E-state index contributed by atoms with van der Waals surface area (Å²) >= 11 is 0. The van der Waals surface area contributed by atoms with Gasteiger partial charge in [0.2, 0.25) is 15.9 Å². The highest BCUT2D eigenvalue weighted by Gasteiger charge is 2.29. The van der Waals surface area contributed by atoms with Gasteiger partial charge < -0.3 is 10.2 Å². The largest absolute Gasteiger partial charge is 0.356 e. The number of nitrogens with zero attached hydrogens (tertiary/aromatic N) is 2. The van der Waals surface area contributed by atoms with Crippen molar-refractivity contribution >= 4 is 21.6 Å². The van der Waals surface area contributed by atoms with Gasteiger partial charge in [0.1, 0.15) is 0 Å². The zero-order chi connectivity index (χ0) is 16.9. The number of carbonyl (C=O) groups excluding carboxylic acids is 1. The molecule has 0 spiro atoms. The van der Waals surface area contributed by atoms with Crippen LogP contribution in [-0.4, -0.2) is 58.7 Å². The third kappa shape index (κ3) is 4.94. The van der Waals surface area contributed by atoms with E-state index in [0.29, 0.717) is 13.1 Å². The number of carbonyl (C=O) groups is 1. The molecule has 1 aromatic carbocycles. The minimum absolute atomic E-state index is 0.00294. The lowest BCUT2D eigenvalue weighted by molar-refractivity contribution is -0.120. The number of fused-ring (bicyclic) bond motifs is 1. The molecule has 7 heteroatoms. The summed E-state index contributed by atoms with van der Waals surface area (Å²) < 4.78 is 26.3. The molecule has 0 saturated carbocycles. The van der Waals surface area contributed by atoms with Crippen LogP contribution in [0.3, 0.4) is 0 Å². The number of para-hydroxylation sites is 1. The predicted molar refractivity (Wildman–Crippen MR) is 92.1 cm³/mol. The highest BCUT2D eigenvalue weighted by molar-refractivity contribution is 7.92. The highest BCUT2D eigenvalue weighted by atomic mass is 32.2. The SMILES string of the molecule is CN(C)CCCNC(=O)CCS(=O)(=O)N1CCc2ccccc21. The van der Waals surface area contributed by atoms with E-state index in [1.807, 2.05) is 43.3 Å². The van der Waals surface area contributed by atoms with Crippen LogP contribution >= 0.6 is 0 Å². The Bertz CT molecular complexity index is 644. The van der Waals surface area contributed by atoms with Gasteiger partial charge in [-0.1, -0.05) is 18.2 Å². The third-order valence-electron chi connectivity index (χ3n) is 3.87. The molecule has 1 aliphatic rings. The van der Waals surface area contributed by atoms with Crippen molar-refractivity contribution in [3.8, 4) is 0 Å². The molecule has 1 heterocycles. The molecule has 128 valence electrons. The fraction of sp³-hybridized carbons (Fsp3) is 0.562. The van der Waals surface area contributed by atoms with Crippen LogP contribution in [0, 0.1) is 0 Å². The van der Waals surface area contributed by atoms with Crippen LogP contribution in [0.15, 0.2) is 24.3 Å². The quantitative estimate of drug-likeness (QED) is 0.713. The van der Waals surface area contributed by atoms with Crippen LogP contribution in [0.25, 0.3) is 0 Å². The summed E-state index contributed by atoms with van der Waals surface area (Å²) in [5.41, 5.74) is 1.79. The highest BCUT2D eigenvalue weighted by Crippen LogP contribution is 2.30. The molecule has 1 amide bonds. The van der Waals surface area contributed by atoms with Crippen molar-refractivity contribution in [3.05, 3.63) is 29.8 Å². The molecule has 1 N–H and O–H groups in total. The summed E-state index contributed by atoms with van der Waals surface area (Å²) in [6.45, 7) is 1.93. The maximum atomic E-state index is 12.5. The van der Waals surface area contributed by atoms with Crippen LogP contribution in [-0.2, 0) is 21.2 Å². The molecule has 2 rings (SSSR count). The monoisotopic (exact) mass is 339 g/mol. The average molecular weight is 339 g/mol. The van der Waals surface area contributed by atoms with Gasteiger partial charge in [0.15, 0.2) is 0 Å². The third-order valence-corrected chi connectivity index (χ3v) is 5.64.